The predicted octanol–water partition coefficient (Wildman–Crippen LogP) is 1.31. The fourth-order valence-electron chi connectivity index (χ4n) is 1.94. The van der Waals surface area contributed by atoms with Crippen molar-refractivity contribution >= 4 is 5.91 Å². The highest BCUT2D eigenvalue weighted by Gasteiger charge is 2.10. The van der Waals surface area contributed by atoms with Crippen molar-refractivity contribution in [1.82, 2.24) is 20.4 Å². The molecule has 0 fully saturated rings. The molecule has 102 valence electrons. The van der Waals surface area contributed by atoms with Gasteiger partial charge in [0.1, 0.15) is 11.6 Å². The van der Waals surface area contributed by atoms with E-state index in [0.717, 1.165) is 22.8 Å². The highest BCUT2D eigenvalue weighted by atomic mass is 16.5. The maximum absolute atomic E-state index is 11.7. The van der Waals surface area contributed by atoms with E-state index in [0.29, 0.717) is 25.8 Å². The number of amides is 1. The van der Waals surface area contributed by atoms with E-state index in [1.165, 1.54) is 0 Å². The second-order valence-electron chi connectivity index (χ2n) is 4.44. The van der Waals surface area contributed by atoms with Crippen LogP contribution in [-0.2, 0) is 17.6 Å². The first-order valence-electron chi connectivity index (χ1n) is 6.33. The summed E-state index contributed by atoms with van der Waals surface area (Å²) in [6.07, 6.45) is 5.29. The first-order valence-corrected chi connectivity index (χ1v) is 6.33. The van der Waals surface area contributed by atoms with Gasteiger partial charge in [-0.3, -0.25) is 4.79 Å². The molecule has 0 aliphatic heterocycles. The third kappa shape index (κ3) is 3.67. The number of aromatic amines is 1. The number of imidazole rings is 1. The van der Waals surface area contributed by atoms with Gasteiger partial charge in [0.2, 0.25) is 5.91 Å². The van der Waals surface area contributed by atoms with Gasteiger partial charge in [-0.05, 0) is 20.3 Å². The van der Waals surface area contributed by atoms with Crippen LogP contribution >= 0.6 is 0 Å². The zero-order chi connectivity index (χ0) is 13.7. The molecular weight excluding hydrogens is 244 g/mol. The largest absolute Gasteiger partial charge is 0.361 e. The first-order chi connectivity index (χ1) is 9.16. The highest BCUT2D eigenvalue weighted by Crippen LogP contribution is 2.13. The molecule has 0 aromatic carbocycles. The molecule has 19 heavy (non-hydrogen) atoms. The summed E-state index contributed by atoms with van der Waals surface area (Å²) in [6, 6.07) is 0. The predicted molar refractivity (Wildman–Crippen MR) is 69.6 cm³/mol. The fraction of sp³-hybridized carbons (Fsp3) is 0.462. The van der Waals surface area contributed by atoms with Crippen molar-refractivity contribution in [2.75, 3.05) is 6.54 Å². The maximum atomic E-state index is 11.7. The number of hydrogen-bond donors (Lipinski definition) is 2. The molecule has 2 aromatic rings. The number of hydrogen-bond acceptors (Lipinski definition) is 4. The number of aryl methyl sites for hydroxylation is 2. The van der Waals surface area contributed by atoms with Crippen LogP contribution in [-0.4, -0.2) is 27.6 Å². The lowest BCUT2D eigenvalue weighted by Gasteiger charge is -2.04. The monoisotopic (exact) mass is 262 g/mol. The van der Waals surface area contributed by atoms with Crippen LogP contribution in [0.3, 0.4) is 0 Å². The van der Waals surface area contributed by atoms with Crippen molar-refractivity contribution in [3.8, 4) is 0 Å². The van der Waals surface area contributed by atoms with Gasteiger partial charge >= 0.3 is 0 Å². The topological polar surface area (TPSA) is 83.8 Å². The van der Waals surface area contributed by atoms with Gasteiger partial charge in [-0.1, -0.05) is 5.16 Å². The summed E-state index contributed by atoms with van der Waals surface area (Å²) < 4.78 is 5.06. The van der Waals surface area contributed by atoms with Crippen LogP contribution in [0, 0.1) is 13.8 Å². The summed E-state index contributed by atoms with van der Waals surface area (Å²) in [6.45, 7) is 4.35. The molecule has 6 heteroatoms. The maximum Gasteiger partial charge on any atom is 0.220 e. The lowest BCUT2D eigenvalue weighted by Crippen LogP contribution is -2.26. The molecular formula is C13H18N4O2. The molecule has 2 N–H and O–H groups in total. The Balaban J connectivity index is 1.70. The standard InChI is InChI=1S/C13H18N4O2/c1-9-11(10(2)19-17-9)3-4-13(18)16-6-5-12-14-7-8-15-12/h7-8H,3-6H2,1-2H3,(H,14,15)(H,16,18). The minimum absolute atomic E-state index is 0.0338. The number of rotatable bonds is 6. The molecule has 6 nitrogen and oxygen atoms in total. The molecule has 0 spiro atoms. The number of aromatic nitrogens is 3. The van der Waals surface area contributed by atoms with E-state index in [1.807, 2.05) is 13.8 Å². The second kappa shape index (κ2) is 6.17. The van der Waals surface area contributed by atoms with Crippen molar-refractivity contribution in [2.45, 2.75) is 33.1 Å². The van der Waals surface area contributed by atoms with Crippen LogP contribution in [0.1, 0.15) is 29.3 Å². The summed E-state index contributed by atoms with van der Waals surface area (Å²) in [5, 5.41) is 6.74. The van der Waals surface area contributed by atoms with E-state index in [4.69, 9.17) is 4.52 Å². The van der Waals surface area contributed by atoms with Crippen LogP contribution in [0.15, 0.2) is 16.9 Å². The van der Waals surface area contributed by atoms with Gasteiger partial charge in [-0.25, -0.2) is 4.98 Å². The quantitative estimate of drug-likeness (QED) is 0.822. The normalized spacial score (nSPS) is 10.6. The van der Waals surface area contributed by atoms with Gasteiger partial charge in [-0.2, -0.15) is 0 Å². The Morgan fingerprint density at radius 3 is 2.89 bits per heavy atom. The second-order valence-corrected chi connectivity index (χ2v) is 4.44. The molecule has 0 radical (unpaired) electrons. The van der Waals surface area contributed by atoms with E-state index in [-0.39, 0.29) is 5.91 Å². The van der Waals surface area contributed by atoms with E-state index in [2.05, 4.69) is 20.4 Å². The Labute approximate surface area is 111 Å². The number of carbonyl (C=O) groups excluding carboxylic acids is 1. The summed E-state index contributed by atoms with van der Waals surface area (Å²) in [5.41, 5.74) is 1.89. The molecule has 2 aromatic heterocycles. The Morgan fingerprint density at radius 2 is 2.26 bits per heavy atom. The Bertz CT molecular complexity index is 511. The average Bonchev–Trinajstić information content (AvgIpc) is 2.99. The highest BCUT2D eigenvalue weighted by molar-refractivity contribution is 5.76. The van der Waals surface area contributed by atoms with Crippen molar-refractivity contribution in [3.63, 3.8) is 0 Å². The van der Waals surface area contributed by atoms with Gasteiger partial charge in [0.25, 0.3) is 0 Å². The van der Waals surface area contributed by atoms with Crippen molar-refractivity contribution in [1.29, 1.82) is 0 Å². The SMILES string of the molecule is Cc1noc(C)c1CCC(=O)NCCc1ncc[nH]1. The van der Waals surface area contributed by atoms with Crippen LogP contribution < -0.4 is 5.32 Å². The van der Waals surface area contributed by atoms with Crippen molar-refractivity contribution in [3.05, 3.63) is 35.2 Å². The summed E-state index contributed by atoms with van der Waals surface area (Å²) in [7, 11) is 0. The third-order valence-electron chi connectivity index (χ3n) is 3.02. The first kappa shape index (κ1) is 13.3. The number of nitrogens with zero attached hydrogens (tertiary/aromatic N) is 2. The third-order valence-corrected chi connectivity index (χ3v) is 3.02. The molecule has 0 aliphatic carbocycles. The molecule has 0 atom stereocenters. The summed E-state index contributed by atoms with van der Waals surface area (Å²) >= 11 is 0. The number of nitrogens with one attached hydrogen (secondary N) is 2. The van der Waals surface area contributed by atoms with Crippen molar-refractivity contribution in [2.24, 2.45) is 0 Å². The molecule has 0 saturated heterocycles. The van der Waals surface area contributed by atoms with E-state index in [9.17, 15) is 4.79 Å². The zero-order valence-electron chi connectivity index (χ0n) is 11.2. The van der Waals surface area contributed by atoms with E-state index in [1.54, 1.807) is 12.4 Å². The molecule has 1 amide bonds. The molecule has 2 heterocycles. The molecule has 0 aliphatic rings. The lowest BCUT2D eigenvalue weighted by atomic mass is 10.1. The molecule has 0 unspecified atom stereocenters. The van der Waals surface area contributed by atoms with E-state index < -0.39 is 0 Å². The Morgan fingerprint density at radius 1 is 1.42 bits per heavy atom. The summed E-state index contributed by atoms with van der Waals surface area (Å²) in [4.78, 5) is 18.8. The van der Waals surface area contributed by atoms with Gasteiger partial charge in [-0.15, -0.1) is 0 Å². The number of H-pyrrole nitrogens is 1. The van der Waals surface area contributed by atoms with Crippen LogP contribution in [0.5, 0.6) is 0 Å². The minimum Gasteiger partial charge on any atom is -0.361 e. The Kier molecular flexibility index (Phi) is 4.33. The average molecular weight is 262 g/mol. The smallest absolute Gasteiger partial charge is 0.220 e. The van der Waals surface area contributed by atoms with E-state index >= 15 is 0 Å². The van der Waals surface area contributed by atoms with Gasteiger partial charge in [0.05, 0.1) is 5.69 Å². The van der Waals surface area contributed by atoms with Gasteiger partial charge in [0, 0.05) is 37.3 Å². The Hall–Kier alpha value is -2.11. The van der Waals surface area contributed by atoms with Crippen molar-refractivity contribution < 1.29 is 9.32 Å². The van der Waals surface area contributed by atoms with Gasteiger partial charge in [0.15, 0.2) is 0 Å². The van der Waals surface area contributed by atoms with Gasteiger partial charge < -0.3 is 14.8 Å². The zero-order valence-corrected chi connectivity index (χ0v) is 11.2. The molecule has 0 saturated carbocycles. The lowest BCUT2D eigenvalue weighted by molar-refractivity contribution is -0.121. The fourth-order valence-corrected chi connectivity index (χ4v) is 1.94. The summed E-state index contributed by atoms with van der Waals surface area (Å²) in [5.74, 6) is 1.71. The minimum atomic E-state index is 0.0338. The number of carbonyl (C=O) groups is 1. The van der Waals surface area contributed by atoms with Crippen LogP contribution in [0.25, 0.3) is 0 Å². The molecule has 2 rings (SSSR count). The van der Waals surface area contributed by atoms with Crippen LogP contribution in [0.2, 0.25) is 0 Å². The van der Waals surface area contributed by atoms with Crippen LogP contribution in [0.4, 0.5) is 0 Å². The molecule has 0 bridgehead atoms.